The number of hydrogen-bond donors (Lipinski definition) is 0. The summed E-state index contributed by atoms with van der Waals surface area (Å²) in [5.74, 6) is 0. The van der Waals surface area contributed by atoms with Crippen LogP contribution in [0.15, 0.2) is 57.5 Å². The fourth-order valence-corrected chi connectivity index (χ4v) is 2.45. The van der Waals surface area contributed by atoms with Gasteiger partial charge in [0.25, 0.3) is 0 Å². The standard InChI is InChI=1S/C16H14Br2/c1-2-3-4-13-11-15(18)9-10-16(13)12-5-7-14(17)8-6-12/h3-11H,2H2,1H3. The molecule has 0 fully saturated rings. The maximum atomic E-state index is 3.53. The Hall–Kier alpha value is -0.860. The van der Waals surface area contributed by atoms with E-state index < -0.39 is 0 Å². The molecule has 18 heavy (non-hydrogen) atoms. The smallest absolute Gasteiger partial charge is 0.0181 e. The SMILES string of the molecule is CCC=Cc1cc(Br)ccc1-c1ccc(Br)cc1. The maximum absolute atomic E-state index is 3.53. The summed E-state index contributed by atoms with van der Waals surface area (Å²) in [6.07, 6.45) is 5.42. The van der Waals surface area contributed by atoms with Crippen LogP contribution in [-0.4, -0.2) is 0 Å². The zero-order valence-corrected chi connectivity index (χ0v) is 13.3. The van der Waals surface area contributed by atoms with Gasteiger partial charge in [-0.2, -0.15) is 0 Å². The normalized spacial score (nSPS) is 11.1. The fourth-order valence-electron chi connectivity index (χ4n) is 1.81. The quantitative estimate of drug-likeness (QED) is 0.598. The van der Waals surface area contributed by atoms with Gasteiger partial charge in [-0.05, 0) is 47.4 Å². The van der Waals surface area contributed by atoms with Crippen molar-refractivity contribution in [1.29, 1.82) is 0 Å². The molecule has 0 bridgehead atoms. The topological polar surface area (TPSA) is 0 Å². The van der Waals surface area contributed by atoms with Gasteiger partial charge in [0.1, 0.15) is 0 Å². The van der Waals surface area contributed by atoms with E-state index in [9.17, 15) is 0 Å². The molecule has 0 amide bonds. The lowest BCUT2D eigenvalue weighted by molar-refractivity contribution is 1.23. The van der Waals surface area contributed by atoms with Gasteiger partial charge in [0.2, 0.25) is 0 Å². The lowest BCUT2D eigenvalue weighted by Crippen LogP contribution is -1.83. The molecule has 0 saturated carbocycles. The van der Waals surface area contributed by atoms with Crippen molar-refractivity contribution in [2.75, 3.05) is 0 Å². The number of allylic oxidation sites excluding steroid dienone is 1. The van der Waals surface area contributed by atoms with Crippen molar-refractivity contribution in [3.05, 3.63) is 63.0 Å². The van der Waals surface area contributed by atoms with Crippen molar-refractivity contribution in [1.82, 2.24) is 0 Å². The van der Waals surface area contributed by atoms with E-state index in [0.29, 0.717) is 0 Å². The summed E-state index contributed by atoms with van der Waals surface area (Å²) < 4.78 is 2.22. The molecule has 0 N–H and O–H groups in total. The van der Waals surface area contributed by atoms with Crippen molar-refractivity contribution in [3.8, 4) is 11.1 Å². The Labute approximate surface area is 125 Å². The molecule has 2 rings (SSSR count). The van der Waals surface area contributed by atoms with Crippen molar-refractivity contribution in [3.63, 3.8) is 0 Å². The van der Waals surface area contributed by atoms with Gasteiger partial charge in [-0.1, -0.05) is 69.1 Å². The summed E-state index contributed by atoms with van der Waals surface area (Å²) >= 11 is 7.00. The molecule has 2 aromatic rings. The third-order valence-corrected chi connectivity index (χ3v) is 3.72. The molecule has 0 aliphatic rings. The van der Waals surface area contributed by atoms with Crippen molar-refractivity contribution >= 4 is 37.9 Å². The van der Waals surface area contributed by atoms with Crippen molar-refractivity contribution in [2.24, 2.45) is 0 Å². The largest absolute Gasteiger partial charge is 0.0842 e. The first-order valence-electron chi connectivity index (χ1n) is 5.92. The molecule has 0 saturated heterocycles. The molecule has 0 unspecified atom stereocenters. The van der Waals surface area contributed by atoms with E-state index in [4.69, 9.17) is 0 Å². The Kier molecular flexibility index (Phi) is 4.79. The molecule has 0 aromatic heterocycles. The summed E-state index contributed by atoms with van der Waals surface area (Å²) in [7, 11) is 0. The van der Waals surface area contributed by atoms with E-state index in [-0.39, 0.29) is 0 Å². The van der Waals surface area contributed by atoms with E-state index in [1.807, 2.05) is 0 Å². The predicted octanol–water partition coefficient (Wildman–Crippen LogP) is 6.30. The van der Waals surface area contributed by atoms with E-state index in [1.165, 1.54) is 16.7 Å². The van der Waals surface area contributed by atoms with Gasteiger partial charge in [0.05, 0.1) is 0 Å². The van der Waals surface area contributed by atoms with Gasteiger partial charge in [0.15, 0.2) is 0 Å². The first-order chi connectivity index (χ1) is 8.70. The van der Waals surface area contributed by atoms with Gasteiger partial charge < -0.3 is 0 Å². The van der Waals surface area contributed by atoms with Crippen LogP contribution in [0.5, 0.6) is 0 Å². The minimum Gasteiger partial charge on any atom is -0.0842 e. The Morgan fingerprint density at radius 2 is 1.61 bits per heavy atom. The minimum atomic E-state index is 1.05. The summed E-state index contributed by atoms with van der Waals surface area (Å²) in [4.78, 5) is 0. The minimum absolute atomic E-state index is 1.05. The van der Waals surface area contributed by atoms with E-state index in [1.54, 1.807) is 0 Å². The lowest BCUT2D eigenvalue weighted by Gasteiger charge is -2.07. The second-order valence-corrected chi connectivity index (χ2v) is 5.88. The third kappa shape index (κ3) is 3.33. The third-order valence-electron chi connectivity index (χ3n) is 2.70. The predicted molar refractivity (Wildman–Crippen MR) is 86.6 cm³/mol. The van der Waals surface area contributed by atoms with Crippen LogP contribution < -0.4 is 0 Å². The van der Waals surface area contributed by atoms with E-state index >= 15 is 0 Å². The average Bonchev–Trinajstić information content (AvgIpc) is 2.38. The number of benzene rings is 2. The zero-order valence-electron chi connectivity index (χ0n) is 10.2. The number of hydrogen-bond acceptors (Lipinski definition) is 0. The van der Waals surface area contributed by atoms with Crippen molar-refractivity contribution < 1.29 is 0 Å². The number of halogens is 2. The molecule has 92 valence electrons. The van der Waals surface area contributed by atoms with Gasteiger partial charge in [-0.3, -0.25) is 0 Å². The second-order valence-electron chi connectivity index (χ2n) is 4.05. The monoisotopic (exact) mass is 364 g/mol. The molecular formula is C16H14Br2. The average molecular weight is 366 g/mol. The van der Waals surface area contributed by atoms with Crippen LogP contribution in [0.3, 0.4) is 0 Å². The molecule has 0 radical (unpaired) electrons. The molecule has 0 nitrogen and oxygen atoms in total. The summed E-state index contributed by atoms with van der Waals surface area (Å²) in [5, 5.41) is 0. The van der Waals surface area contributed by atoms with Crippen LogP contribution in [0.25, 0.3) is 17.2 Å². The molecule has 0 atom stereocenters. The Bertz CT molecular complexity index is 554. The number of rotatable bonds is 3. The van der Waals surface area contributed by atoms with Crippen LogP contribution in [0.1, 0.15) is 18.9 Å². The maximum Gasteiger partial charge on any atom is 0.0181 e. The van der Waals surface area contributed by atoms with Gasteiger partial charge in [-0.15, -0.1) is 0 Å². The highest BCUT2D eigenvalue weighted by Crippen LogP contribution is 2.28. The summed E-state index contributed by atoms with van der Waals surface area (Å²) in [6.45, 7) is 2.15. The molecule has 0 spiro atoms. The van der Waals surface area contributed by atoms with E-state index in [0.717, 1.165) is 15.4 Å². The zero-order chi connectivity index (χ0) is 13.0. The van der Waals surface area contributed by atoms with Crippen LogP contribution in [0, 0.1) is 0 Å². The van der Waals surface area contributed by atoms with Crippen LogP contribution >= 0.6 is 31.9 Å². The highest BCUT2D eigenvalue weighted by Gasteiger charge is 2.03. The van der Waals surface area contributed by atoms with Crippen LogP contribution in [0.2, 0.25) is 0 Å². The second kappa shape index (κ2) is 6.35. The van der Waals surface area contributed by atoms with Crippen molar-refractivity contribution in [2.45, 2.75) is 13.3 Å². The van der Waals surface area contributed by atoms with Crippen LogP contribution in [-0.2, 0) is 0 Å². The Balaban J connectivity index is 2.49. The molecule has 0 heterocycles. The van der Waals surface area contributed by atoms with Gasteiger partial charge >= 0.3 is 0 Å². The Morgan fingerprint density at radius 3 is 2.28 bits per heavy atom. The molecule has 2 heteroatoms. The molecule has 2 aromatic carbocycles. The molecule has 0 aliphatic heterocycles. The highest BCUT2D eigenvalue weighted by atomic mass is 79.9. The van der Waals surface area contributed by atoms with Gasteiger partial charge in [0, 0.05) is 8.95 Å². The van der Waals surface area contributed by atoms with Crippen LogP contribution in [0.4, 0.5) is 0 Å². The van der Waals surface area contributed by atoms with E-state index in [2.05, 4.69) is 93.4 Å². The summed E-state index contributed by atoms with van der Waals surface area (Å²) in [5.41, 5.74) is 3.74. The molecule has 0 aliphatic carbocycles. The van der Waals surface area contributed by atoms with Gasteiger partial charge in [-0.25, -0.2) is 0 Å². The first kappa shape index (κ1) is 13.6. The first-order valence-corrected chi connectivity index (χ1v) is 7.51. The summed E-state index contributed by atoms with van der Waals surface area (Å²) in [6, 6.07) is 14.8. The Morgan fingerprint density at radius 1 is 0.944 bits per heavy atom. The highest BCUT2D eigenvalue weighted by molar-refractivity contribution is 9.10. The lowest BCUT2D eigenvalue weighted by atomic mass is 9.99. The molecular weight excluding hydrogens is 352 g/mol. The fraction of sp³-hybridized carbons (Fsp3) is 0.125.